The Balaban J connectivity index is 2.79. The minimum Gasteiger partial charge on any atom is -0.744 e. The Bertz CT molecular complexity index is 620. The first-order valence-corrected chi connectivity index (χ1v) is 5.63. The fraction of sp³-hybridized carbons (Fsp3) is 0. The smallest absolute Gasteiger partial charge is 0.124 e. The SMILES string of the molecule is Nc1cccc2cc(S(=O)(=O)[O-])ccc12. The zero-order valence-electron chi connectivity index (χ0n) is 7.67. The number of rotatable bonds is 1. The van der Waals surface area contributed by atoms with E-state index in [9.17, 15) is 13.0 Å². The monoisotopic (exact) mass is 222 g/mol. The Morgan fingerprint density at radius 3 is 2.53 bits per heavy atom. The lowest BCUT2D eigenvalue weighted by atomic mass is 10.1. The minimum atomic E-state index is -4.40. The third-order valence-electron chi connectivity index (χ3n) is 2.17. The second-order valence-corrected chi connectivity index (χ2v) is 4.56. The number of hydrogen-bond acceptors (Lipinski definition) is 4. The van der Waals surface area contributed by atoms with Gasteiger partial charge in [-0.05, 0) is 23.6 Å². The molecule has 4 nitrogen and oxygen atoms in total. The topological polar surface area (TPSA) is 83.2 Å². The first-order chi connectivity index (χ1) is 6.98. The van der Waals surface area contributed by atoms with Gasteiger partial charge >= 0.3 is 0 Å². The molecule has 0 fully saturated rings. The van der Waals surface area contributed by atoms with E-state index in [1.807, 2.05) is 0 Å². The molecule has 2 rings (SSSR count). The Morgan fingerprint density at radius 1 is 1.13 bits per heavy atom. The predicted molar refractivity (Wildman–Crippen MR) is 56.3 cm³/mol. The van der Waals surface area contributed by atoms with E-state index >= 15 is 0 Å². The average Bonchev–Trinajstić information content (AvgIpc) is 2.16. The summed E-state index contributed by atoms with van der Waals surface area (Å²) in [7, 11) is -4.40. The molecular formula is C10H8NO3S-. The average molecular weight is 222 g/mol. The molecule has 0 bridgehead atoms. The Hall–Kier alpha value is -1.59. The fourth-order valence-corrected chi connectivity index (χ4v) is 1.95. The third kappa shape index (κ3) is 1.79. The Labute approximate surface area is 87.1 Å². The van der Waals surface area contributed by atoms with Gasteiger partial charge in [0.15, 0.2) is 0 Å². The highest BCUT2D eigenvalue weighted by atomic mass is 32.2. The van der Waals surface area contributed by atoms with Gasteiger partial charge in [0.05, 0.1) is 4.90 Å². The van der Waals surface area contributed by atoms with Crippen molar-refractivity contribution in [2.24, 2.45) is 0 Å². The number of nitrogens with two attached hydrogens (primary N) is 1. The highest BCUT2D eigenvalue weighted by molar-refractivity contribution is 7.85. The summed E-state index contributed by atoms with van der Waals surface area (Å²) in [5, 5.41) is 1.39. The van der Waals surface area contributed by atoms with Gasteiger partial charge in [0.2, 0.25) is 0 Å². The molecule has 0 aromatic heterocycles. The van der Waals surface area contributed by atoms with E-state index < -0.39 is 10.1 Å². The third-order valence-corrected chi connectivity index (χ3v) is 3.01. The zero-order valence-corrected chi connectivity index (χ0v) is 8.49. The van der Waals surface area contributed by atoms with Crippen LogP contribution in [0.3, 0.4) is 0 Å². The summed E-state index contributed by atoms with van der Waals surface area (Å²) in [6.07, 6.45) is 0. The normalized spacial score (nSPS) is 11.8. The molecule has 0 saturated carbocycles. The van der Waals surface area contributed by atoms with Gasteiger partial charge in [-0.1, -0.05) is 18.2 Å². The van der Waals surface area contributed by atoms with E-state index in [4.69, 9.17) is 5.73 Å². The van der Waals surface area contributed by atoms with Crippen LogP contribution in [0, 0.1) is 0 Å². The van der Waals surface area contributed by atoms with Gasteiger partial charge in [-0.15, -0.1) is 0 Å². The molecule has 2 aromatic carbocycles. The number of hydrogen-bond donors (Lipinski definition) is 1. The lowest BCUT2D eigenvalue weighted by Crippen LogP contribution is -1.98. The van der Waals surface area contributed by atoms with Crippen LogP contribution in [-0.2, 0) is 10.1 Å². The van der Waals surface area contributed by atoms with Gasteiger partial charge < -0.3 is 10.3 Å². The van der Waals surface area contributed by atoms with Crippen LogP contribution in [0.5, 0.6) is 0 Å². The number of benzene rings is 2. The van der Waals surface area contributed by atoms with Crippen molar-refractivity contribution < 1.29 is 13.0 Å². The number of anilines is 1. The van der Waals surface area contributed by atoms with Crippen molar-refractivity contribution in [3.8, 4) is 0 Å². The summed E-state index contributed by atoms with van der Waals surface area (Å²) in [6.45, 7) is 0. The first-order valence-electron chi connectivity index (χ1n) is 4.22. The lowest BCUT2D eigenvalue weighted by Gasteiger charge is -2.08. The van der Waals surface area contributed by atoms with Crippen LogP contribution in [0.2, 0.25) is 0 Å². The molecule has 0 aliphatic rings. The van der Waals surface area contributed by atoms with Gasteiger partial charge in [0, 0.05) is 11.1 Å². The van der Waals surface area contributed by atoms with Crippen molar-refractivity contribution in [3.63, 3.8) is 0 Å². The zero-order chi connectivity index (χ0) is 11.1. The van der Waals surface area contributed by atoms with Gasteiger partial charge in [0.1, 0.15) is 10.1 Å². The van der Waals surface area contributed by atoms with E-state index in [1.165, 1.54) is 18.2 Å². The molecule has 15 heavy (non-hydrogen) atoms. The van der Waals surface area contributed by atoms with Gasteiger partial charge in [-0.25, -0.2) is 8.42 Å². The van der Waals surface area contributed by atoms with Crippen LogP contribution in [-0.4, -0.2) is 13.0 Å². The molecular weight excluding hydrogens is 214 g/mol. The van der Waals surface area contributed by atoms with E-state index in [2.05, 4.69) is 0 Å². The van der Waals surface area contributed by atoms with Crippen molar-refractivity contribution >= 4 is 26.6 Å². The molecule has 2 aromatic rings. The largest absolute Gasteiger partial charge is 0.744 e. The maximum atomic E-state index is 10.8. The molecule has 0 spiro atoms. The first kappa shape index (κ1) is 9.95. The maximum absolute atomic E-state index is 10.8. The highest BCUT2D eigenvalue weighted by Gasteiger charge is 2.03. The number of fused-ring (bicyclic) bond motifs is 1. The summed E-state index contributed by atoms with van der Waals surface area (Å²) in [4.78, 5) is -0.236. The molecule has 0 radical (unpaired) electrons. The molecule has 0 heterocycles. The maximum Gasteiger partial charge on any atom is 0.124 e. The molecule has 78 valence electrons. The molecule has 0 saturated heterocycles. The molecule has 5 heteroatoms. The summed E-state index contributed by atoms with van der Waals surface area (Å²) in [6, 6.07) is 9.26. The highest BCUT2D eigenvalue weighted by Crippen LogP contribution is 2.23. The summed E-state index contributed by atoms with van der Waals surface area (Å²) in [5.74, 6) is 0. The van der Waals surface area contributed by atoms with E-state index in [0.29, 0.717) is 11.1 Å². The summed E-state index contributed by atoms with van der Waals surface area (Å²) >= 11 is 0. The standard InChI is InChI=1S/C10H9NO3S/c11-10-3-1-2-7-6-8(15(12,13)14)4-5-9(7)10/h1-6H,11H2,(H,12,13,14)/p-1. The molecule has 0 atom stereocenters. The lowest BCUT2D eigenvalue weighted by molar-refractivity contribution is 0.463. The van der Waals surface area contributed by atoms with Gasteiger partial charge in [-0.2, -0.15) is 0 Å². The van der Waals surface area contributed by atoms with Gasteiger partial charge in [0.25, 0.3) is 0 Å². The summed E-state index contributed by atoms with van der Waals surface area (Å²) < 4.78 is 32.3. The van der Waals surface area contributed by atoms with E-state index in [1.54, 1.807) is 18.2 Å². The number of nitrogen functional groups attached to an aromatic ring is 1. The van der Waals surface area contributed by atoms with Crippen molar-refractivity contribution in [2.75, 3.05) is 5.73 Å². The quantitative estimate of drug-likeness (QED) is 0.582. The second kappa shape index (κ2) is 3.22. The van der Waals surface area contributed by atoms with Crippen LogP contribution in [0.25, 0.3) is 10.8 Å². The fourth-order valence-electron chi connectivity index (χ4n) is 1.44. The molecule has 0 aliphatic carbocycles. The minimum absolute atomic E-state index is 0.236. The predicted octanol–water partition coefficient (Wildman–Crippen LogP) is 1.33. The van der Waals surface area contributed by atoms with Crippen LogP contribution in [0.4, 0.5) is 5.69 Å². The van der Waals surface area contributed by atoms with Crippen molar-refractivity contribution in [2.45, 2.75) is 4.90 Å². The van der Waals surface area contributed by atoms with E-state index in [0.717, 1.165) is 5.39 Å². The van der Waals surface area contributed by atoms with Crippen molar-refractivity contribution in [1.29, 1.82) is 0 Å². The molecule has 0 unspecified atom stereocenters. The van der Waals surface area contributed by atoms with Crippen LogP contribution < -0.4 is 5.73 Å². The van der Waals surface area contributed by atoms with Gasteiger partial charge in [-0.3, -0.25) is 0 Å². The second-order valence-electron chi connectivity index (χ2n) is 3.18. The van der Waals surface area contributed by atoms with Crippen molar-refractivity contribution in [3.05, 3.63) is 36.4 Å². The Morgan fingerprint density at radius 2 is 1.87 bits per heavy atom. The Kier molecular flexibility index (Phi) is 2.13. The summed E-state index contributed by atoms with van der Waals surface area (Å²) in [5.41, 5.74) is 6.25. The van der Waals surface area contributed by atoms with Crippen LogP contribution >= 0.6 is 0 Å². The van der Waals surface area contributed by atoms with Crippen molar-refractivity contribution in [1.82, 2.24) is 0 Å². The molecule has 0 amide bonds. The van der Waals surface area contributed by atoms with E-state index in [-0.39, 0.29) is 4.90 Å². The molecule has 0 aliphatic heterocycles. The van der Waals surface area contributed by atoms with Crippen LogP contribution in [0.15, 0.2) is 41.3 Å². The van der Waals surface area contributed by atoms with Crippen LogP contribution in [0.1, 0.15) is 0 Å². The molecule has 2 N–H and O–H groups in total.